The van der Waals surface area contributed by atoms with Crippen LogP contribution in [0.2, 0.25) is 5.02 Å². The molecule has 4 aromatic rings. The van der Waals surface area contributed by atoms with E-state index < -0.39 is 5.43 Å². The van der Waals surface area contributed by atoms with Crippen molar-refractivity contribution in [2.75, 3.05) is 21.3 Å². The Balaban J connectivity index is 1.25. The summed E-state index contributed by atoms with van der Waals surface area (Å²) in [7, 11) is 5.41. The topological polar surface area (TPSA) is 91.3 Å². The minimum absolute atomic E-state index is 0.0354. The number of carbonyl (C=O) groups is 1. The quantitative estimate of drug-likeness (QED) is 0.196. The van der Waals surface area contributed by atoms with Crippen LogP contribution in [0.3, 0.4) is 0 Å². The van der Waals surface area contributed by atoms with Gasteiger partial charge in [0, 0.05) is 36.4 Å². The van der Waals surface area contributed by atoms with E-state index in [1.165, 1.54) is 0 Å². The third-order valence-corrected chi connectivity index (χ3v) is 10.3. The van der Waals surface area contributed by atoms with Crippen LogP contribution in [-0.2, 0) is 13.2 Å². The fraction of sp³-hybridized carbons (Fsp3) is 0.405. The number of benzene rings is 3. The summed E-state index contributed by atoms with van der Waals surface area (Å²) in [5.74, 6) is 1.81. The largest absolute Gasteiger partial charge is 0.497 e. The van der Waals surface area contributed by atoms with Crippen LogP contribution in [0.25, 0.3) is 10.9 Å². The maximum absolute atomic E-state index is 14.2. The summed E-state index contributed by atoms with van der Waals surface area (Å²) in [5.41, 5.74) is 2.13. The number of methoxy groups -OCH3 is 2. The maximum atomic E-state index is 14.2. The lowest BCUT2D eigenvalue weighted by Gasteiger charge is -2.36. The molecule has 2 bridgehead atoms. The lowest BCUT2D eigenvalue weighted by atomic mass is 9.97. The minimum Gasteiger partial charge on any atom is -0.497 e. The normalized spacial score (nSPS) is 20.6. The van der Waals surface area contributed by atoms with E-state index in [9.17, 15) is 9.59 Å². The van der Waals surface area contributed by atoms with Gasteiger partial charge in [-0.1, -0.05) is 35.9 Å². The average Bonchev–Trinajstić information content (AvgIpc) is 3.90. The predicted molar refractivity (Wildman–Crippen MR) is 181 cm³/mol. The number of rotatable bonds is 11. The van der Waals surface area contributed by atoms with E-state index >= 15 is 0 Å². The molecule has 3 aromatic carbocycles. The SMILES string of the molecule is COc1ccc(COc2cc3c(c(Cl)c2OCc2ccc(OC)cc2)c(=O)c(C(=O)N[C@@H]2C[C@H]4CC[C@@H](C2)N4C)cn3C2CC2)cc1. The Labute approximate surface area is 279 Å². The number of ether oxygens (including phenoxy) is 4. The summed E-state index contributed by atoms with van der Waals surface area (Å²) >= 11 is 7.12. The first-order chi connectivity index (χ1) is 22.8. The summed E-state index contributed by atoms with van der Waals surface area (Å²) < 4.78 is 25.3. The predicted octanol–water partition coefficient (Wildman–Crippen LogP) is 6.52. The molecular weight excluding hydrogens is 618 g/mol. The Kier molecular flexibility index (Phi) is 8.77. The van der Waals surface area contributed by atoms with E-state index in [0.717, 1.165) is 61.2 Å². The maximum Gasteiger partial charge on any atom is 0.256 e. The van der Waals surface area contributed by atoms with Crippen molar-refractivity contribution in [3.05, 3.63) is 92.7 Å². The molecule has 2 saturated heterocycles. The molecule has 9 nitrogen and oxygen atoms in total. The van der Waals surface area contributed by atoms with E-state index in [0.29, 0.717) is 23.3 Å². The molecule has 1 saturated carbocycles. The Morgan fingerprint density at radius 3 is 1.96 bits per heavy atom. The molecule has 3 aliphatic rings. The van der Waals surface area contributed by atoms with Crippen molar-refractivity contribution in [1.29, 1.82) is 0 Å². The van der Waals surface area contributed by atoms with E-state index in [4.69, 9.17) is 30.5 Å². The number of halogens is 1. The van der Waals surface area contributed by atoms with Gasteiger partial charge < -0.3 is 33.7 Å². The molecule has 3 fully saturated rings. The molecule has 2 aliphatic heterocycles. The average molecular weight is 658 g/mol. The molecule has 1 aliphatic carbocycles. The zero-order valence-corrected chi connectivity index (χ0v) is 27.7. The molecule has 1 N–H and O–H groups in total. The number of carbonyl (C=O) groups excluding carboxylic acids is 1. The summed E-state index contributed by atoms with van der Waals surface area (Å²) in [4.78, 5) is 30.4. The van der Waals surface area contributed by atoms with Gasteiger partial charge in [0.05, 0.1) is 30.1 Å². The van der Waals surface area contributed by atoms with Gasteiger partial charge in [-0.25, -0.2) is 0 Å². The first kappa shape index (κ1) is 31.4. The molecule has 0 unspecified atom stereocenters. The number of hydrogen-bond donors (Lipinski definition) is 1. The molecule has 3 atom stereocenters. The van der Waals surface area contributed by atoms with Gasteiger partial charge in [-0.2, -0.15) is 0 Å². The van der Waals surface area contributed by atoms with Gasteiger partial charge in [0.25, 0.3) is 5.91 Å². The number of piperidine rings is 1. The van der Waals surface area contributed by atoms with Gasteiger partial charge in [-0.05, 0) is 81.0 Å². The fourth-order valence-electron chi connectivity index (χ4n) is 7.03. The molecule has 0 radical (unpaired) electrons. The van der Waals surface area contributed by atoms with Crippen LogP contribution in [0.15, 0.2) is 65.6 Å². The van der Waals surface area contributed by atoms with Crippen molar-refractivity contribution < 1.29 is 23.7 Å². The second-order valence-corrected chi connectivity index (χ2v) is 13.3. The van der Waals surface area contributed by atoms with Crippen molar-refractivity contribution in [1.82, 2.24) is 14.8 Å². The van der Waals surface area contributed by atoms with Crippen LogP contribution in [0.1, 0.15) is 66.1 Å². The first-order valence-electron chi connectivity index (χ1n) is 16.3. The lowest BCUT2D eigenvalue weighted by Crippen LogP contribution is -2.49. The zero-order chi connectivity index (χ0) is 32.7. The Bertz CT molecular complexity index is 1820. The monoisotopic (exact) mass is 657 g/mol. The van der Waals surface area contributed by atoms with Crippen molar-refractivity contribution in [3.63, 3.8) is 0 Å². The van der Waals surface area contributed by atoms with Crippen LogP contribution >= 0.6 is 11.6 Å². The number of fused-ring (bicyclic) bond motifs is 3. The van der Waals surface area contributed by atoms with Crippen LogP contribution in [0.5, 0.6) is 23.0 Å². The number of amides is 1. The molecule has 7 rings (SSSR count). The molecular formula is C37H40ClN3O6. The highest BCUT2D eigenvalue weighted by Crippen LogP contribution is 2.44. The third-order valence-electron chi connectivity index (χ3n) is 9.90. The summed E-state index contributed by atoms with van der Waals surface area (Å²) in [6.45, 7) is 0.432. The van der Waals surface area contributed by atoms with Gasteiger partial charge >= 0.3 is 0 Å². The van der Waals surface area contributed by atoms with E-state index in [-0.39, 0.29) is 52.9 Å². The first-order valence-corrected chi connectivity index (χ1v) is 16.7. The van der Waals surface area contributed by atoms with Crippen molar-refractivity contribution in [2.45, 2.75) is 75.9 Å². The van der Waals surface area contributed by atoms with Gasteiger partial charge in [0.1, 0.15) is 30.3 Å². The van der Waals surface area contributed by atoms with Crippen molar-refractivity contribution in [3.8, 4) is 23.0 Å². The minimum atomic E-state index is -0.411. The zero-order valence-electron chi connectivity index (χ0n) is 27.0. The molecule has 3 heterocycles. The molecule has 0 spiro atoms. The highest BCUT2D eigenvalue weighted by Gasteiger charge is 2.39. The van der Waals surface area contributed by atoms with Crippen LogP contribution in [-0.4, -0.2) is 54.8 Å². The number of nitrogens with one attached hydrogen (secondary N) is 1. The summed E-state index contributed by atoms with van der Waals surface area (Å²) in [6, 6.07) is 18.1. The van der Waals surface area contributed by atoms with E-state index in [1.54, 1.807) is 20.4 Å². The second kappa shape index (κ2) is 13.1. The highest BCUT2D eigenvalue weighted by molar-refractivity contribution is 6.37. The molecule has 246 valence electrons. The van der Waals surface area contributed by atoms with Crippen molar-refractivity contribution >= 4 is 28.4 Å². The molecule has 1 aromatic heterocycles. The Hall–Kier alpha value is -4.21. The number of aromatic nitrogens is 1. The van der Waals surface area contributed by atoms with Crippen LogP contribution in [0.4, 0.5) is 0 Å². The van der Waals surface area contributed by atoms with Crippen LogP contribution in [0, 0.1) is 0 Å². The molecule has 1 amide bonds. The van der Waals surface area contributed by atoms with Crippen LogP contribution < -0.4 is 29.7 Å². The number of pyridine rings is 1. The number of nitrogens with zero attached hydrogens (tertiary/aromatic N) is 2. The van der Waals surface area contributed by atoms with E-state index in [1.807, 2.05) is 59.2 Å². The highest BCUT2D eigenvalue weighted by atomic mass is 35.5. The standard InChI is InChI=1S/C37H40ClN3O6/c1-40-26-10-11-27(40)17-24(16-26)39-37(43)30-19-41(25-8-9-25)31-18-32(46-20-22-4-12-28(44-2)13-5-22)36(34(38)33(31)35(30)42)47-21-23-6-14-29(45-3)15-7-23/h4-7,12-15,18-19,24-27H,8-11,16-17,20-21H2,1-3H3,(H,39,43)/t24-,26-,27+. The fourth-order valence-corrected chi connectivity index (χ4v) is 7.36. The van der Waals surface area contributed by atoms with Gasteiger partial charge in [0.15, 0.2) is 11.5 Å². The van der Waals surface area contributed by atoms with Gasteiger partial charge in [-0.3, -0.25) is 9.59 Å². The molecule has 10 heteroatoms. The second-order valence-electron chi connectivity index (χ2n) is 12.9. The van der Waals surface area contributed by atoms with Gasteiger partial charge in [0.2, 0.25) is 5.43 Å². The van der Waals surface area contributed by atoms with E-state index in [2.05, 4.69) is 17.3 Å². The lowest BCUT2D eigenvalue weighted by molar-refractivity contribution is 0.0881. The summed E-state index contributed by atoms with van der Waals surface area (Å²) in [5, 5.41) is 3.59. The Morgan fingerprint density at radius 1 is 0.851 bits per heavy atom. The number of hydrogen-bond acceptors (Lipinski definition) is 7. The molecule has 47 heavy (non-hydrogen) atoms. The smallest absolute Gasteiger partial charge is 0.256 e. The van der Waals surface area contributed by atoms with Gasteiger partial charge in [-0.15, -0.1) is 0 Å². The Morgan fingerprint density at radius 2 is 1.40 bits per heavy atom. The van der Waals surface area contributed by atoms with Crippen molar-refractivity contribution in [2.24, 2.45) is 0 Å². The summed E-state index contributed by atoms with van der Waals surface area (Å²) in [6.07, 6.45) is 7.69. The third kappa shape index (κ3) is 6.39.